The molecule has 0 spiro atoms. The number of anilines is 1. The molecule has 0 aliphatic heterocycles. The number of carbonyl (C=O) groups excluding carboxylic acids is 2. The van der Waals surface area contributed by atoms with Gasteiger partial charge in [-0.1, -0.05) is 26.8 Å². The lowest BCUT2D eigenvalue weighted by Crippen LogP contribution is -2.28. The zero-order valence-corrected chi connectivity index (χ0v) is 18.2. The molecule has 1 amide bonds. The Morgan fingerprint density at radius 3 is 2.29 bits per heavy atom. The molecule has 1 aromatic heterocycles. The Morgan fingerprint density at radius 1 is 1.11 bits per heavy atom. The van der Waals surface area contributed by atoms with E-state index in [2.05, 4.69) is 5.32 Å². The molecule has 152 valence electrons. The summed E-state index contributed by atoms with van der Waals surface area (Å²) < 4.78 is 16.0. The Bertz CT molecular complexity index is 880. The van der Waals surface area contributed by atoms with Crippen LogP contribution in [0.4, 0.5) is 5.00 Å². The van der Waals surface area contributed by atoms with Crippen LogP contribution >= 0.6 is 11.3 Å². The predicted octanol–water partition coefficient (Wildman–Crippen LogP) is 4.90. The lowest BCUT2D eigenvalue weighted by atomic mass is 9.95. The van der Waals surface area contributed by atoms with Crippen LogP contribution in [-0.2, 0) is 9.53 Å². The van der Waals surface area contributed by atoms with Crippen molar-refractivity contribution in [2.45, 2.75) is 34.6 Å². The highest BCUT2D eigenvalue weighted by Gasteiger charge is 2.29. The minimum Gasteiger partial charge on any atom is -0.493 e. The molecule has 0 unspecified atom stereocenters. The van der Waals surface area contributed by atoms with Crippen LogP contribution in [0.5, 0.6) is 11.5 Å². The van der Waals surface area contributed by atoms with Crippen LogP contribution in [0.25, 0.3) is 11.1 Å². The van der Waals surface area contributed by atoms with Gasteiger partial charge in [0.2, 0.25) is 5.91 Å². The average Bonchev–Trinajstić information content (AvgIpc) is 2.96. The van der Waals surface area contributed by atoms with Crippen molar-refractivity contribution in [3.63, 3.8) is 0 Å². The molecule has 1 N–H and O–H groups in total. The number of ether oxygens (including phenoxy) is 3. The number of hydrogen-bond donors (Lipinski definition) is 1. The summed E-state index contributed by atoms with van der Waals surface area (Å²) >= 11 is 1.35. The fraction of sp³-hybridized carbons (Fsp3) is 0.429. The summed E-state index contributed by atoms with van der Waals surface area (Å²) in [4.78, 5) is 26.2. The number of amides is 1. The Balaban J connectivity index is 2.64. The predicted molar refractivity (Wildman–Crippen MR) is 112 cm³/mol. The molecule has 0 radical (unpaired) electrons. The smallest absolute Gasteiger partial charge is 0.341 e. The minimum absolute atomic E-state index is 0.168. The molecule has 1 aromatic carbocycles. The van der Waals surface area contributed by atoms with Gasteiger partial charge in [0.1, 0.15) is 10.6 Å². The molecule has 2 aromatic rings. The number of rotatable bonds is 6. The van der Waals surface area contributed by atoms with Gasteiger partial charge in [0.05, 0.1) is 20.8 Å². The molecule has 7 heteroatoms. The van der Waals surface area contributed by atoms with Gasteiger partial charge >= 0.3 is 5.97 Å². The van der Waals surface area contributed by atoms with Gasteiger partial charge in [-0.3, -0.25) is 4.79 Å². The lowest BCUT2D eigenvalue weighted by molar-refractivity contribution is -0.123. The van der Waals surface area contributed by atoms with E-state index in [1.807, 2.05) is 39.8 Å². The van der Waals surface area contributed by atoms with E-state index in [0.29, 0.717) is 27.6 Å². The first-order valence-corrected chi connectivity index (χ1v) is 9.80. The zero-order chi connectivity index (χ0) is 21.1. The molecular formula is C21H27NO5S. The SMILES string of the molecule is CCOC(=O)c1c(NC(=O)C(C)(C)C)sc(C)c1-c1ccc(OC)c(OC)c1. The highest BCUT2D eigenvalue weighted by molar-refractivity contribution is 7.17. The van der Waals surface area contributed by atoms with E-state index in [1.165, 1.54) is 11.3 Å². The van der Waals surface area contributed by atoms with Gasteiger partial charge in [-0.15, -0.1) is 11.3 Å². The van der Waals surface area contributed by atoms with Gasteiger partial charge < -0.3 is 19.5 Å². The number of carbonyl (C=O) groups is 2. The first-order valence-electron chi connectivity index (χ1n) is 8.98. The topological polar surface area (TPSA) is 73.9 Å². The molecule has 0 saturated heterocycles. The summed E-state index contributed by atoms with van der Waals surface area (Å²) in [5.41, 5.74) is 1.27. The maximum absolute atomic E-state index is 12.8. The quantitative estimate of drug-likeness (QED) is 0.692. The Morgan fingerprint density at radius 2 is 1.75 bits per heavy atom. The fourth-order valence-corrected chi connectivity index (χ4v) is 3.72. The molecule has 1 heterocycles. The van der Waals surface area contributed by atoms with E-state index in [0.717, 1.165) is 10.4 Å². The monoisotopic (exact) mass is 405 g/mol. The molecule has 0 fully saturated rings. The number of benzene rings is 1. The maximum Gasteiger partial charge on any atom is 0.341 e. The third-order valence-electron chi connectivity index (χ3n) is 4.14. The Labute approximate surface area is 169 Å². The molecule has 2 rings (SSSR count). The van der Waals surface area contributed by atoms with Crippen molar-refractivity contribution >= 4 is 28.2 Å². The molecule has 0 bridgehead atoms. The van der Waals surface area contributed by atoms with Crippen molar-refractivity contribution in [2.24, 2.45) is 5.41 Å². The van der Waals surface area contributed by atoms with E-state index in [9.17, 15) is 9.59 Å². The average molecular weight is 406 g/mol. The fourth-order valence-electron chi connectivity index (χ4n) is 2.66. The third-order valence-corrected chi connectivity index (χ3v) is 5.16. The van der Waals surface area contributed by atoms with Gasteiger partial charge in [-0.2, -0.15) is 0 Å². The van der Waals surface area contributed by atoms with E-state index in [-0.39, 0.29) is 12.5 Å². The Hall–Kier alpha value is -2.54. The standard InChI is InChI=1S/C21H27NO5S/c1-8-27-19(23)17-16(13-9-10-14(25-6)15(11-13)26-7)12(2)28-18(17)22-20(24)21(3,4)5/h9-11H,8H2,1-7H3,(H,22,24). The van der Waals surface area contributed by atoms with Crippen LogP contribution in [0, 0.1) is 12.3 Å². The van der Waals surface area contributed by atoms with Crippen LogP contribution < -0.4 is 14.8 Å². The summed E-state index contributed by atoms with van der Waals surface area (Å²) in [6.45, 7) is 9.37. The van der Waals surface area contributed by atoms with Gasteiger partial charge in [0.15, 0.2) is 11.5 Å². The summed E-state index contributed by atoms with van der Waals surface area (Å²) in [5.74, 6) is 0.512. The molecule has 6 nitrogen and oxygen atoms in total. The molecule has 0 aliphatic carbocycles. The second-order valence-electron chi connectivity index (χ2n) is 7.23. The van der Waals surface area contributed by atoms with Crippen molar-refractivity contribution in [3.8, 4) is 22.6 Å². The summed E-state index contributed by atoms with van der Waals surface area (Å²) in [5, 5.41) is 3.38. The molecule has 0 saturated carbocycles. The van der Waals surface area contributed by atoms with Crippen molar-refractivity contribution in [3.05, 3.63) is 28.6 Å². The van der Waals surface area contributed by atoms with Crippen LogP contribution in [-0.4, -0.2) is 32.7 Å². The lowest BCUT2D eigenvalue weighted by Gasteiger charge is -2.17. The van der Waals surface area contributed by atoms with E-state index in [4.69, 9.17) is 14.2 Å². The van der Waals surface area contributed by atoms with Gasteiger partial charge in [-0.05, 0) is 31.5 Å². The van der Waals surface area contributed by atoms with Crippen LogP contribution in [0.2, 0.25) is 0 Å². The number of hydrogen-bond acceptors (Lipinski definition) is 6. The normalized spacial score (nSPS) is 11.1. The highest BCUT2D eigenvalue weighted by Crippen LogP contribution is 2.43. The zero-order valence-electron chi connectivity index (χ0n) is 17.4. The summed E-state index contributed by atoms with van der Waals surface area (Å²) in [6.07, 6.45) is 0. The maximum atomic E-state index is 12.8. The highest BCUT2D eigenvalue weighted by atomic mass is 32.1. The van der Waals surface area contributed by atoms with Crippen molar-refractivity contribution < 1.29 is 23.8 Å². The number of esters is 1. The molecule has 0 atom stereocenters. The minimum atomic E-state index is -0.590. The van der Waals surface area contributed by atoms with Crippen LogP contribution in [0.3, 0.4) is 0 Å². The van der Waals surface area contributed by atoms with Gasteiger partial charge in [-0.25, -0.2) is 4.79 Å². The van der Waals surface area contributed by atoms with Crippen molar-refractivity contribution in [1.82, 2.24) is 0 Å². The molecule has 28 heavy (non-hydrogen) atoms. The van der Waals surface area contributed by atoms with Crippen molar-refractivity contribution in [2.75, 3.05) is 26.1 Å². The largest absolute Gasteiger partial charge is 0.493 e. The van der Waals surface area contributed by atoms with Gasteiger partial charge in [0, 0.05) is 15.9 Å². The number of thiophene rings is 1. The van der Waals surface area contributed by atoms with Crippen molar-refractivity contribution in [1.29, 1.82) is 0 Å². The molecular weight excluding hydrogens is 378 g/mol. The Kier molecular flexibility index (Phi) is 6.72. The first-order chi connectivity index (χ1) is 13.1. The first kappa shape index (κ1) is 21.8. The summed E-state index contributed by atoms with van der Waals surface area (Å²) in [7, 11) is 3.13. The van der Waals surface area contributed by atoms with Crippen LogP contribution in [0.15, 0.2) is 18.2 Å². The second-order valence-corrected chi connectivity index (χ2v) is 8.46. The summed E-state index contributed by atoms with van der Waals surface area (Å²) in [6, 6.07) is 5.45. The number of methoxy groups -OCH3 is 2. The number of aryl methyl sites for hydroxylation is 1. The van der Waals surface area contributed by atoms with E-state index in [1.54, 1.807) is 27.2 Å². The van der Waals surface area contributed by atoms with Crippen LogP contribution in [0.1, 0.15) is 42.9 Å². The molecule has 0 aliphatic rings. The third kappa shape index (κ3) is 4.47. The van der Waals surface area contributed by atoms with Gasteiger partial charge in [0.25, 0.3) is 0 Å². The number of nitrogens with one attached hydrogen (secondary N) is 1. The van der Waals surface area contributed by atoms with E-state index < -0.39 is 11.4 Å². The van der Waals surface area contributed by atoms with E-state index >= 15 is 0 Å². The second kappa shape index (κ2) is 8.65.